The van der Waals surface area contributed by atoms with E-state index in [1.54, 1.807) is 30.3 Å². The predicted molar refractivity (Wildman–Crippen MR) is 113 cm³/mol. The molecular formula is C24H25FN2O4. The van der Waals surface area contributed by atoms with Gasteiger partial charge in [0.2, 0.25) is 0 Å². The van der Waals surface area contributed by atoms with Crippen molar-refractivity contribution in [3.63, 3.8) is 0 Å². The predicted octanol–water partition coefficient (Wildman–Crippen LogP) is 4.20. The topological polar surface area (TPSA) is 64.8 Å². The van der Waals surface area contributed by atoms with E-state index in [0.29, 0.717) is 25.4 Å². The van der Waals surface area contributed by atoms with Crippen LogP contribution in [0.25, 0.3) is 0 Å². The van der Waals surface area contributed by atoms with Crippen molar-refractivity contribution in [2.45, 2.75) is 25.2 Å². The fourth-order valence-electron chi connectivity index (χ4n) is 3.83. The first-order valence-corrected chi connectivity index (χ1v) is 10.4. The highest BCUT2D eigenvalue weighted by Crippen LogP contribution is 2.28. The van der Waals surface area contributed by atoms with Gasteiger partial charge < -0.3 is 18.8 Å². The minimum atomic E-state index is -0.478. The highest BCUT2D eigenvalue weighted by atomic mass is 19.1. The number of halogens is 1. The third-order valence-electron chi connectivity index (χ3n) is 5.44. The SMILES string of the molecule is COc1ccccc1Cc1cnc([C@@H]2CCCN(C(=O)COc3ccccc3F)C2)o1. The van der Waals surface area contributed by atoms with Gasteiger partial charge in [-0.1, -0.05) is 30.3 Å². The molecule has 0 bridgehead atoms. The second kappa shape index (κ2) is 9.64. The Labute approximate surface area is 180 Å². The highest BCUT2D eigenvalue weighted by molar-refractivity contribution is 5.78. The Balaban J connectivity index is 1.36. The van der Waals surface area contributed by atoms with Gasteiger partial charge in [-0.3, -0.25) is 4.79 Å². The summed E-state index contributed by atoms with van der Waals surface area (Å²) in [7, 11) is 1.65. The van der Waals surface area contributed by atoms with Crippen LogP contribution in [0, 0.1) is 5.82 Å². The molecule has 1 amide bonds. The van der Waals surface area contributed by atoms with Crippen LogP contribution in [-0.2, 0) is 11.2 Å². The first-order chi connectivity index (χ1) is 15.1. The largest absolute Gasteiger partial charge is 0.496 e. The fourth-order valence-corrected chi connectivity index (χ4v) is 3.83. The van der Waals surface area contributed by atoms with Gasteiger partial charge in [0, 0.05) is 25.1 Å². The molecule has 1 aromatic heterocycles. The van der Waals surface area contributed by atoms with Crippen LogP contribution >= 0.6 is 0 Å². The van der Waals surface area contributed by atoms with Crippen LogP contribution in [0.5, 0.6) is 11.5 Å². The number of amides is 1. The number of rotatable bonds is 7. The molecule has 1 saturated heterocycles. The van der Waals surface area contributed by atoms with Gasteiger partial charge in [0.15, 0.2) is 24.1 Å². The Bertz CT molecular complexity index is 1040. The van der Waals surface area contributed by atoms with E-state index in [4.69, 9.17) is 13.9 Å². The molecule has 4 rings (SSSR count). The molecular weight excluding hydrogens is 399 g/mol. The van der Waals surface area contributed by atoms with E-state index in [1.807, 2.05) is 24.3 Å². The molecule has 0 radical (unpaired) electrons. The molecule has 7 heteroatoms. The zero-order chi connectivity index (χ0) is 21.6. The molecule has 2 heterocycles. The van der Waals surface area contributed by atoms with Gasteiger partial charge in [-0.2, -0.15) is 0 Å². The number of carbonyl (C=O) groups excluding carboxylic acids is 1. The van der Waals surface area contributed by atoms with Crippen LogP contribution in [-0.4, -0.2) is 42.6 Å². The molecule has 0 N–H and O–H groups in total. The maximum absolute atomic E-state index is 13.7. The van der Waals surface area contributed by atoms with Gasteiger partial charge >= 0.3 is 0 Å². The minimum absolute atomic E-state index is 0.0255. The van der Waals surface area contributed by atoms with Crippen molar-refractivity contribution in [1.29, 1.82) is 0 Å². The van der Waals surface area contributed by atoms with E-state index in [0.717, 1.165) is 29.9 Å². The summed E-state index contributed by atoms with van der Waals surface area (Å²) in [5.41, 5.74) is 1.03. The molecule has 0 unspecified atom stereocenters. The number of hydrogen-bond donors (Lipinski definition) is 0. The van der Waals surface area contributed by atoms with Gasteiger partial charge in [0.25, 0.3) is 5.91 Å². The number of hydrogen-bond acceptors (Lipinski definition) is 5. The lowest BCUT2D eigenvalue weighted by atomic mass is 9.98. The summed E-state index contributed by atoms with van der Waals surface area (Å²) in [4.78, 5) is 18.8. The number of para-hydroxylation sites is 2. The Morgan fingerprint density at radius 1 is 1.19 bits per heavy atom. The average molecular weight is 424 g/mol. The summed E-state index contributed by atoms with van der Waals surface area (Å²) in [6.07, 6.45) is 4.07. The van der Waals surface area contributed by atoms with E-state index in [-0.39, 0.29) is 24.2 Å². The van der Waals surface area contributed by atoms with Crippen LogP contribution < -0.4 is 9.47 Å². The van der Waals surface area contributed by atoms with Crippen LogP contribution in [0.2, 0.25) is 0 Å². The second-order valence-corrected chi connectivity index (χ2v) is 7.55. The van der Waals surface area contributed by atoms with Crippen molar-refractivity contribution in [3.05, 3.63) is 77.8 Å². The van der Waals surface area contributed by atoms with Gasteiger partial charge in [-0.05, 0) is 31.0 Å². The van der Waals surface area contributed by atoms with Gasteiger partial charge in [-0.25, -0.2) is 9.37 Å². The summed E-state index contributed by atoms with van der Waals surface area (Å²) in [6.45, 7) is 0.955. The van der Waals surface area contributed by atoms with Gasteiger partial charge in [0.05, 0.1) is 19.2 Å². The first kappa shape index (κ1) is 20.9. The molecule has 162 valence electrons. The van der Waals surface area contributed by atoms with Gasteiger partial charge in [0.1, 0.15) is 11.5 Å². The standard InChI is InChI=1S/C24H25FN2O4/c1-29-21-10-4-2-7-17(21)13-19-14-26-24(31-19)18-8-6-12-27(15-18)23(28)16-30-22-11-5-3-9-20(22)25/h2-5,7,9-11,14,18H,6,8,12-13,15-16H2,1H3/t18-/m1/s1. The maximum Gasteiger partial charge on any atom is 0.260 e. The summed E-state index contributed by atoms with van der Waals surface area (Å²) < 4.78 is 30.5. The summed E-state index contributed by atoms with van der Waals surface area (Å²) in [6, 6.07) is 13.9. The van der Waals surface area contributed by atoms with Crippen molar-refractivity contribution in [2.75, 3.05) is 26.8 Å². The number of benzene rings is 2. The molecule has 1 atom stereocenters. The van der Waals surface area contributed by atoms with Crippen molar-refractivity contribution in [2.24, 2.45) is 0 Å². The Hall–Kier alpha value is -3.35. The number of likely N-dealkylation sites (tertiary alicyclic amines) is 1. The van der Waals surface area contributed by atoms with Crippen molar-refractivity contribution < 1.29 is 23.1 Å². The van der Waals surface area contributed by atoms with Crippen LogP contribution in [0.4, 0.5) is 4.39 Å². The molecule has 0 saturated carbocycles. The van der Waals surface area contributed by atoms with Crippen molar-refractivity contribution >= 4 is 5.91 Å². The molecule has 2 aromatic carbocycles. The normalized spacial score (nSPS) is 16.2. The number of methoxy groups -OCH3 is 1. The van der Waals surface area contributed by atoms with E-state index < -0.39 is 5.82 Å². The van der Waals surface area contributed by atoms with Crippen LogP contribution in [0.1, 0.15) is 36.0 Å². The quantitative estimate of drug-likeness (QED) is 0.569. The molecule has 31 heavy (non-hydrogen) atoms. The molecule has 0 spiro atoms. The number of ether oxygens (including phenoxy) is 2. The Kier molecular flexibility index (Phi) is 6.50. The zero-order valence-electron chi connectivity index (χ0n) is 17.4. The molecule has 1 aliphatic rings. The van der Waals surface area contributed by atoms with Gasteiger partial charge in [-0.15, -0.1) is 0 Å². The van der Waals surface area contributed by atoms with E-state index in [9.17, 15) is 9.18 Å². The lowest BCUT2D eigenvalue weighted by Gasteiger charge is -2.31. The van der Waals surface area contributed by atoms with E-state index in [2.05, 4.69) is 4.98 Å². The second-order valence-electron chi connectivity index (χ2n) is 7.55. The maximum atomic E-state index is 13.7. The summed E-state index contributed by atoms with van der Waals surface area (Å²) in [5.74, 6) is 1.66. The molecule has 6 nitrogen and oxygen atoms in total. The molecule has 1 aliphatic heterocycles. The molecule has 3 aromatic rings. The number of piperidine rings is 1. The summed E-state index contributed by atoms with van der Waals surface area (Å²) >= 11 is 0. The number of oxazole rings is 1. The summed E-state index contributed by atoms with van der Waals surface area (Å²) in [5, 5.41) is 0. The molecule has 1 fully saturated rings. The lowest BCUT2D eigenvalue weighted by molar-refractivity contribution is -0.134. The van der Waals surface area contributed by atoms with E-state index in [1.165, 1.54) is 12.1 Å². The third kappa shape index (κ3) is 5.05. The van der Waals surface area contributed by atoms with Crippen molar-refractivity contribution in [3.8, 4) is 11.5 Å². The first-order valence-electron chi connectivity index (χ1n) is 10.4. The van der Waals surface area contributed by atoms with E-state index >= 15 is 0 Å². The number of carbonyl (C=O) groups is 1. The number of nitrogens with zero attached hydrogens (tertiary/aromatic N) is 2. The lowest BCUT2D eigenvalue weighted by Crippen LogP contribution is -2.41. The zero-order valence-corrected chi connectivity index (χ0v) is 17.4. The highest BCUT2D eigenvalue weighted by Gasteiger charge is 2.28. The Morgan fingerprint density at radius 2 is 1.97 bits per heavy atom. The fraction of sp³-hybridized carbons (Fsp3) is 0.333. The number of aromatic nitrogens is 1. The minimum Gasteiger partial charge on any atom is -0.496 e. The van der Waals surface area contributed by atoms with Crippen LogP contribution in [0.3, 0.4) is 0 Å². The Morgan fingerprint density at radius 3 is 2.77 bits per heavy atom. The molecule has 0 aliphatic carbocycles. The monoisotopic (exact) mass is 424 g/mol. The average Bonchev–Trinajstić information content (AvgIpc) is 3.27. The smallest absolute Gasteiger partial charge is 0.260 e. The van der Waals surface area contributed by atoms with Crippen LogP contribution in [0.15, 0.2) is 59.1 Å². The van der Waals surface area contributed by atoms with Crippen molar-refractivity contribution in [1.82, 2.24) is 9.88 Å². The third-order valence-corrected chi connectivity index (χ3v) is 5.44.